The lowest BCUT2D eigenvalue weighted by atomic mass is 9.98. The Bertz CT molecular complexity index is 220. The van der Waals surface area contributed by atoms with Gasteiger partial charge in [0.05, 0.1) is 0 Å². The number of likely N-dealkylation sites (tertiary alicyclic amines) is 1. The van der Waals surface area contributed by atoms with E-state index in [-0.39, 0.29) is 6.03 Å². The van der Waals surface area contributed by atoms with Crippen molar-refractivity contribution >= 4 is 6.03 Å². The lowest BCUT2D eigenvalue weighted by Crippen LogP contribution is -2.45. The molecule has 0 aromatic carbocycles. The topological polar surface area (TPSA) is 44.4 Å². The Labute approximate surface area is 97.8 Å². The molecule has 0 saturated carbocycles. The monoisotopic (exact) mass is 225 g/mol. The molecule has 92 valence electrons. The first-order valence-corrected chi connectivity index (χ1v) is 6.60. The lowest BCUT2D eigenvalue weighted by molar-refractivity contribution is 0.183. The first-order valence-electron chi connectivity index (χ1n) is 6.60. The molecule has 4 nitrogen and oxygen atoms in total. The molecule has 0 radical (unpaired) electrons. The summed E-state index contributed by atoms with van der Waals surface area (Å²) in [5, 5.41) is 6.42. The number of nitrogens with one attached hydrogen (secondary N) is 2. The van der Waals surface area contributed by atoms with Crippen LogP contribution in [0.15, 0.2) is 0 Å². The van der Waals surface area contributed by atoms with Crippen molar-refractivity contribution in [3.8, 4) is 0 Å². The summed E-state index contributed by atoms with van der Waals surface area (Å²) in [5.41, 5.74) is 0. The SMILES string of the molecule is O=C(NCC1CCNCC1)N1CCCCC1. The highest BCUT2D eigenvalue weighted by Crippen LogP contribution is 2.11. The van der Waals surface area contributed by atoms with Gasteiger partial charge in [-0.3, -0.25) is 0 Å². The minimum Gasteiger partial charge on any atom is -0.338 e. The lowest BCUT2D eigenvalue weighted by Gasteiger charge is -2.28. The second kappa shape index (κ2) is 6.09. The number of hydrogen-bond acceptors (Lipinski definition) is 2. The van der Waals surface area contributed by atoms with Crippen molar-refractivity contribution in [3.63, 3.8) is 0 Å². The summed E-state index contributed by atoms with van der Waals surface area (Å²) in [4.78, 5) is 13.8. The number of nitrogens with zero attached hydrogens (tertiary/aromatic N) is 1. The Morgan fingerprint density at radius 3 is 2.56 bits per heavy atom. The van der Waals surface area contributed by atoms with Gasteiger partial charge in [-0.25, -0.2) is 4.79 Å². The summed E-state index contributed by atoms with van der Waals surface area (Å²) in [6.07, 6.45) is 6.00. The third-order valence-electron chi connectivity index (χ3n) is 3.64. The van der Waals surface area contributed by atoms with E-state index in [4.69, 9.17) is 0 Å². The van der Waals surface area contributed by atoms with E-state index < -0.39 is 0 Å². The largest absolute Gasteiger partial charge is 0.338 e. The molecule has 2 saturated heterocycles. The smallest absolute Gasteiger partial charge is 0.317 e. The molecule has 2 rings (SSSR count). The summed E-state index contributed by atoms with van der Waals surface area (Å²) in [6, 6.07) is 0.151. The Hall–Kier alpha value is -0.770. The second-order valence-electron chi connectivity index (χ2n) is 4.93. The Morgan fingerprint density at radius 2 is 1.88 bits per heavy atom. The third kappa shape index (κ3) is 3.37. The normalized spacial score (nSPS) is 23.1. The summed E-state index contributed by atoms with van der Waals surface area (Å²) in [6.45, 7) is 4.95. The Morgan fingerprint density at radius 1 is 1.19 bits per heavy atom. The van der Waals surface area contributed by atoms with Crippen molar-refractivity contribution in [2.24, 2.45) is 5.92 Å². The van der Waals surface area contributed by atoms with Gasteiger partial charge in [-0.2, -0.15) is 0 Å². The number of carbonyl (C=O) groups is 1. The van der Waals surface area contributed by atoms with Crippen LogP contribution >= 0.6 is 0 Å². The van der Waals surface area contributed by atoms with Gasteiger partial charge < -0.3 is 15.5 Å². The van der Waals surface area contributed by atoms with Gasteiger partial charge in [0.15, 0.2) is 0 Å². The van der Waals surface area contributed by atoms with Crippen molar-refractivity contribution in [2.75, 3.05) is 32.7 Å². The fraction of sp³-hybridized carbons (Fsp3) is 0.917. The molecule has 16 heavy (non-hydrogen) atoms. The van der Waals surface area contributed by atoms with E-state index in [9.17, 15) is 4.79 Å². The molecule has 4 heteroatoms. The molecule has 0 aliphatic carbocycles. The van der Waals surface area contributed by atoms with Crippen molar-refractivity contribution in [2.45, 2.75) is 32.1 Å². The molecule has 2 aliphatic rings. The number of carbonyl (C=O) groups excluding carboxylic acids is 1. The highest BCUT2D eigenvalue weighted by Gasteiger charge is 2.18. The first-order chi connectivity index (χ1) is 7.86. The van der Waals surface area contributed by atoms with Gasteiger partial charge in [-0.1, -0.05) is 0 Å². The zero-order chi connectivity index (χ0) is 11.2. The maximum Gasteiger partial charge on any atom is 0.317 e. The number of rotatable bonds is 2. The van der Waals surface area contributed by atoms with Crippen LogP contribution in [0, 0.1) is 5.92 Å². The molecule has 2 heterocycles. The van der Waals surface area contributed by atoms with E-state index in [1.54, 1.807) is 0 Å². The molecule has 2 amide bonds. The fourth-order valence-electron chi connectivity index (χ4n) is 2.53. The van der Waals surface area contributed by atoms with Gasteiger partial charge in [0.1, 0.15) is 0 Å². The summed E-state index contributed by atoms with van der Waals surface area (Å²) in [5.74, 6) is 0.676. The van der Waals surface area contributed by atoms with Gasteiger partial charge in [-0.15, -0.1) is 0 Å². The molecular formula is C12H23N3O. The highest BCUT2D eigenvalue weighted by atomic mass is 16.2. The van der Waals surface area contributed by atoms with Crippen LogP contribution in [0.1, 0.15) is 32.1 Å². The first kappa shape index (κ1) is 11.7. The Kier molecular flexibility index (Phi) is 4.45. The maximum atomic E-state index is 11.8. The maximum absolute atomic E-state index is 11.8. The standard InChI is InChI=1S/C12H23N3O/c16-12(15-8-2-1-3-9-15)14-10-11-4-6-13-7-5-11/h11,13H,1-10H2,(H,14,16). The van der Waals surface area contributed by atoms with Gasteiger partial charge in [0.2, 0.25) is 0 Å². The summed E-state index contributed by atoms with van der Waals surface area (Å²) < 4.78 is 0. The van der Waals surface area contributed by atoms with Gasteiger partial charge in [0.25, 0.3) is 0 Å². The second-order valence-corrected chi connectivity index (χ2v) is 4.93. The van der Waals surface area contributed by atoms with Crippen LogP contribution in [-0.2, 0) is 0 Å². The fourth-order valence-corrected chi connectivity index (χ4v) is 2.53. The van der Waals surface area contributed by atoms with Crippen LogP contribution in [0.3, 0.4) is 0 Å². The number of urea groups is 1. The molecule has 0 bridgehead atoms. The molecule has 2 aliphatic heterocycles. The van der Waals surface area contributed by atoms with Crippen LogP contribution in [0.2, 0.25) is 0 Å². The molecule has 0 unspecified atom stereocenters. The van der Waals surface area contributed by atoms with E-state index in [0.717, 1.165) is 32.7 Å². The van der Waals surface area contributed by atoms with Crippen molar-refractivity contribution in [3.05, 3.63) is 0 Å². The average Bonchev–Trinajstić information content (AvgIpc) is 2.38. The van der Waals surface area contributed by atoms with Crippen LogP contribution in [-0.4, -0.2) is 43.7 Å². The van der Waals surface area contributed by atoms with Gasteiger partial charge in [0, 0.05) is 19.6 Å². The zero-order valence-corrected chi connectivity index (χ0v) is 10.0. The van der Waals surface area contributed by atoms with E-state index in [1.807, 2.05) is 4.90 Å². The number of hydrogen-bond donors (Lipinski definition) is 2. The van der Waals surface area contributed by atoms with Crippen LogP contribution in [0.4, 0.5) is 4.79 Å². The van der Waals surface area contributed by atoms with E-state index in [1.165, 1.54) is 32.1 Å². The summed E-state index contributed by atoms with van der Waals surface area (Å²) >= 11 is 0. The highest BCUT2D eigenvalue weighted by molar-refractivity contribution is 5.74. The van der Waals surface area contributed by atoms with Gasteiger partial charge >= 0.3 is 6.03 Å². The number of piperidine rings is 2. The summed E-state index contributed by atoms with van der Waals surface area (Å²) in [7, 11) is 0. The molecule has 2 N–H and O–H groups in total. The molecule has 2 fully saturated rings. The van der Waals surface area contributed by atoms with E-state index in [0.29, 0.717) is 5.92 Å². The van der Waals surface area contributed by atoms with Crippen molar-refractivity contribution in [1.82, 2.24) is 15.5 Å². The molecule has 0 aromatic rings. The quantitative estimate of drug-likeness (QED) is 0.741. The zero-order valence-electron chi connectivity index (χ0n) is 10.0. The minimum absolute atomic E-state index is 0.151. The van der Waals surface area contributed by atoms with Crippen LogP contribution in [0.5, 0.6) is 0 Å². The molecule has 0 atom stereocenters. The van der Waals surface area contributed by atoms with E-state index >= 15 is 0 Å². The van der Waals surface area contributed by atoms with Gasteiger partial charge in [-0.05, 0) is 51.1 Å². The average molecular weight is 225 g/mol. The predicted molar refractivity (Wildman–Crippen MR) is 64.4 cm³/mol. The molecule has 0 aromatic heterocycles. The third-order valence-corrected chi connectivity index (χ3v) is 3.64. The Balaban J connectivity index is 1.65. The number of amides is 2. The van der Waals surface area contributed by atoms with Crippen LogP contribution in [0.25, 0.3) is 0 Å². The molecular weight excluding hydrogens is 202 g/mol. The van der Waals surface area contributed by atoms with E-state index in [2.05, 4.69) is 10.6 Å². The van der Waals surface area contributed by atoms with Crippen molar-refractivity contribution < 1.29 is 4.79 Å². The minimum atomic E-state index is 0.151. The predicted octanol–water partition coefficient (Wildman–Crippen LogP) is 1.18. The molecule has 0 spiro atoms. The van der Waals surface area contributed by atoms with Crippen LogP contribution < -0.4 is 10.6 Å². The van der Waals surface area contributed by atoms with Crippen molar-refractivity contribution in [1.29, 1.82) is 0 Å².